The van der Waals surface area contributed by atoms with Gasteiger partial charge in [-0.3, -0.25) is 4.90 Å². The van der Waals surface area contributed by atoms with Gasteiger partial charge >= 0.3 is 0 Å². The molecule has 0 aromatic heterocycles. The molecular formula is C10H21N3. The topological polar surface area (TPSA) is 39.1 Å². The first-order valence-corrected chi connectivity index (χ1v) is 4.76. The Hall–Kier alpha value is -0.590. The van der Waals surface area contributed by atoms with Gasteiger partial charge in [-0.25, -0.2) is 0 Å². The van der Waals surface area contributed by atoms with Gasteiger partial charge in [-0.05, 0) is 34.4 Å². The van der Waals surface area contributed by atoms with Crippen LogP contribution in [0.3, 0.4) is 0 Å². The molecule has 0 bridgehead atoms. The first-order chi connectivity index (χ1) is 5.97. The van der Waals surface area contributed by atoms with Crippen molar-refractivity contribution in [1.82, 2.24) is 10.2 Å². The van der Waals surface area contributed by atoms with Gasteiger partial charge in [-0.2, -0.15) is 5.26 Å². The summed E-state index contributed by atoms with van der Waals surface area (Å²) in [5.74, 6) is 0. The van der Waals surface area contributed by atoms with Gasteiger partial charge in [0.05, 0.1) is 6.07 Å². The number of hydrogen-bond acceptors (Lipinski definition) is 3. The average Bonchev–Trinajstić information content (AvgIpc) is 2.13. The van der Waals surface area contributed by atoms with Crippen LogP contribution in [0.5, 0.6) is 0 Å². The van der Waals surface area contributed by atoms with E-state index in [1.807, 2.05) is 7.05 Å². The van der Waals surface area contributed by atoms with Crippen molar-refractivity contribution in [2.24, 2.45) is 0 Å². The summed E-state index contributed by atoms with van der Waals surface area (Å²) in [4.78, 5) is 2.22. The molecule has 13 heavy (non-hydrogen) atoms. The molecule has 0 fully saturated rings. The number of rotatable bonds is 5. The molecule has 1 unspecified atom stereocenters. The zero-order valence-electron chi connectivity index (χ0n) is 9.39. The number of nitriles is 1. The van der Waals surface area contributed by atoms with Crippen molar-refractivity contribution in [3.63, 3.8) is 0 Å². The normalized spacial score (nSPS) is 14.2. The fourth-order valence-corrected chi connectivity index (χ4v) is 0.988. The molecule has 0 saturated heterocycles. The summed E-state index contributed by atoms with van der Waals surface area (Å²) >= 11 is 0. The molecule has 3 heteroatoms. The van der Waals surface area contributed by atoms with Crippen molar-refractivity contribution in [2.75, 3.05) is 20.6 Å². The van der Waals surface area contributed by atoms with E-state index in [0.29, 0.717) is 0 Å². The highest BCUT2D eigenvalue weighted by Gasteiger charge is 2.22. The molecule has 0 aliphatic carbocycles. The van der Waals surface area contributed by atoms with E-state index in [2.05, 4.69) is 44.1 Å². The van der Waals surface area contributed by atoms with Crippen molar-refractivity contribution in [1.29, 1.82) is 5.26 Å². The molecule has 0 aliphatic heterocycles. The van der Waals surface area contributed by atoms with Crippen molar-refractivity contribution >= 4 is 0 Å². The lowest BCUT2D eigenvalue weighted by Crippen LogP contribution is -2.47. The Labute approximate surface area is 81.7 Å². The third-order valence-electron chi connectivity index (χ3n) is 2.86. The molecule has 1 atom stereocenters. The van der Waals surface area contributed by atoms with E-state index < -0.39 is 0 Å². The van der Waals surface area contributed by atoms with Crippen LogP contribution in [0, 0.1) is 11.3 Å². The smallest absolute Gasteiger partial charge is 0.108 e. The van der Waals surface area contributed by atoms with Crippen LogP contribution < -0.4 is 5.32 Å². The lowest BCUT2D eigenvalue weighted by Gasteiger charge is -2.35. The zero-order chi connectivity index (χ0) is 10.5. The minimum absolute atomic E-state index is 0.0733. The van der Waals surface area contributed by atoms with Gasteiger partial charge in [0.15, 0.2) is 0 Å². The minimum atomic E-state index is -0.0733. The molecule has 0 saturated carbocycles. The number of hydrogen-bond donors (Lipinski definition) is 1. The molecular weight excluding hydrogens is 162 g/mol. The zero-order valence-corrected chi connectivity index (χ0v) is 9.39. The molecule has 0 spiro atoms. The fourth-order valence-electron chi connectivity index (χ4n) is 0.988. The first kappa shape index (κ1) is 12.4. The Morgan fingerprint density at radius 1 is 1.54 bits per heavy atom. The summed E-state index contributed by atoms with van der Waals surface area (Å²) in [6.45, 7) is 7.32. The van der Waals surface area contributed by atoms with Crippen molar-refractivity contribution in [3.05, 3.63) is 0 Å². The van der Waals surface area contributed by atoms with Crippen molar-refractivity contribution in [3.8, 4) is 6.07 Å². The fraction of sp³-hybridized carbons (Fsp3) is 0.900. The van der Waals surface area contributed by atoms with Crippen LogP contribution in [0.1, 0.15) is 27.2 Å². The molecule has 0 aromatic rings. The third-order valence-corrected chi connectivity index (χ3v) is 2.86. The van der Waals surface area contributed by atoms with Gasteiger partial charge in [-0.15, -0.1) is 0 Å². The molecule has 0 aliphatic rings. The molecule has 0 rings (SSSR count). The quantitative estimate of drug-likeness (QED) is 0.696. The minimum Gasteiger partial charge on any atom is -0.304 e. The van der Waals surface area contributed by atoms with Gasteiger partial charge in [-0.1, -0.05) is 6.92 Å². The van der Waals surface area contributed by atoms with E-state index >= 15 is 0 Å². The standard InChI is InChI=1S/C10H21N3/c1-6-10(2,3)13(5)8-9(7-11)12-4/h9,12H,6,8H2,1-5H3. The molecule has 0 aromatic carbocycles. The van der Waals surface area contributed by atoms with Crippen LogP contribution in [0.15, 0.2) is 0 Å². The highest BCUT2D eigenvalue weighted by Crippen LogP contribution is 2.16. The second kappa shape index (κ2) is 5.21. The van der Waals surface area contributed by atoms with E-state index in [1.165, 1.54) is 0 Å². The predicted octanol–water partition coefficient (Wildman–Crippen LogP) is 1.22. The highest BCUT2D eigenvalue weighted by molar-refractivity contribution is 4.93. The van der Waals surface area contributed by atoms with E-state index in [0.717, 1.165) is 13.0 Å². The first-order valence-electron chi connectivity index (χ1n) is 4.76. The van der Waals surface area contributed by atoms with Gasteiger partial charge in [0.2, 0.25) is 0 Å². The van der Waals surface area contributed by atoms with Gasteiger partial charge in [0.25, 0.3) is 0 Å². The largest absolute Gasteiger partial charge is 0.304 e. The molecule has 0 amide bonds. The molecule has 0 radical (unpaired) electrons. The Bertz CT molecular complexity index is 181. The Morgan fingerprint density at radius 3 is 2.38 bits per heavy atom. The van der Waals surface area contributed by atoms with Crippen LogP contribution in [-0.4, -0.2) is 37.1 Å². The average molecular weight is 183 g/mol. The summed E-state index contributed by atoms with van der Waals surface area (Å²) in [6, 6.07) is 2.15. The summed E-state index contributed by atoms with van der Waals surface area (Å²) in [7, 11) is 3.88. The number of nitrogens with one attached hydrogen (secondary N) is 1. The SMILES string of the molecule is CCC(C)(C)N(C)CC(C#N)NC. The van der Waals surface area contributed by atoms with Crippen LogP contribution in [0.4, 0.5) is 0 Å². The summed E-state index contributed by atoms with van der Waals surface area (Å²) in [6.07, 6.45) is 1.09. The maximum Gasteiger partial charge on any atom is 0.108 e. The maximum absolute atomic E-state index is 8.77. The van der Waals surface area contributed by atoms with E-state index in [-0.39, 0.29) is 11.6 Å². The van der Waals surface area contributed by atoms with Crippen LogP contribution in [-0.2, 0) is 0 Å². The van der Waals surface area contributed by atoms with E-state index in [1.54, 1.807) is 0 Å². The van der Waals surface area contributed by atoms with Crippen LogP contribution in [0.25, 0.3) is 0 Å². The lowest BCUT2D eigenvalue weighted by atomic mass is 9.99. The van der Waals surface area contributed by atoms with Crippen LogP contribution >= 0.6 is 0 Å². The summed E-state index contributed by atoms with van der Waals surface area (Å²) < 4.78 is 0. The van der Waals surface area contributed by atoms with Gasteiger partial charge < -0.3 is 5.32 Å². The second-order valence-electron chi connectivity index (χ2n) is 4.02. The highest BCUT2D eigenvalue weighted by atomic mass is 15.2. The van der Waals surface area contributed by atoms with E-state index in [4.69, 9.17) is 5.26 Å². The monoisotopic (exact) mass is 183 g/mol. The molecule has 76 valence electrons. The van der Waals surface area contributed by atoms with Crippen molar-refractivity contribution < 1.29 is 0 Å². The summed E-state index contributed by atoms with van der Waals surface area (Å²) in [5, 5.41) is 11.8. The van der Waals surface area contributed by atoms with Crippen molar-refractivity contribution in [2.45, 2.75) is 38.8 Å². The van der Waals surface area contributed by atoms with E-state index in [9.17, 15) is 0 Å². The lowest BCUT2D eigenvalue weighted by molar-refractivity contribution is 0.145. The summed E-state index contributed by atoms with van der Waals surface area (Å²) in [5.41, 5.74) is 0.173. The Morgan fingerprint density at radius 2 is 2.08 bits per heavy atom. The number of likely N-dealkylation sites (N-methyl/N-ethyl adjacent to an activating group) is 2. The molecule has 0 heterocycles. The van der Waals surface area contributed by atoms with Gasteiger partial charge in [0, 0.05) is 12.1 Å². The molecule has 3 nitrogen and oxygen atoms in total. The molecule has 1 N–H and O–H groups in total. The van der Waals surface area contributed by atoms with Gasteiger partial charge in [0.1, 0.15) is 6.04 Å². The maximum atomic E-state index is 8.77. The third kappa shape index (κ3) is 3.75. The Balaban J connectivity index is 4.14. The number of nitrogens with zero attached hydrogens (tertiary/aromatic N) is 2. The Kier molecular flexibility index (Phi) is 4.97. The van der Waals surface area contributed by atoms with Crippen LogP contribution in [0.2, 0.25) is 0 Å². The second-order valence-corrected chi connectivity index (χ2v) is 4.02. The predicted molar refractivity (Wildman–Crippen MR) is 55.5 cm³/mol.